The molecule has 0 aliphatic rings. The van der Waals surface area contributed by atoms with Gasteiger partial charge in [-0.3, -0.25) is 0 Å². The van der Waals surface area contributed by atoms with E-state index in [1.54, 1.807) is 24.3 Å². The lowest BCUT2D eigenvalue weighted by atomic mass is 9.83. The molecule has 2 rings (SSSR count). The first kappa shape index (κ1) is 15.3. The lowest BCUT2D eigenvalue weighted by Gasteiger charge is -2.27. The average Bonchev–Trinajstić information content (AvgIpc) is 2.57. The van der Waals surface area contributed by atoms with Crippen molar-refractivity contribution in [2.75, 3.05) is 19.8 Å². The van der Waals surface area contributed by atoms with E-state index in [1.165, 1.54) is 0 Å². The maximum absolute atomic E-state index is 9.39. The van der Waals surface area contributed by atoms with Crippen LogP contribution in [0.15, 0.2) is 64.8 Å². The monoisotopic (exact) mass is 286 g/mol. The largest absolute Gasteiger partial charge is 0.395 e. The van der Waals surface area contributed by atoms with Gasteiger partial charge in [-0.25, -0.2) is 0 Å². The van der Waals surface area contributed by atoms with Gasteiger partial charge in [0.1, 0.15) is 0 Å². The van der Waals surface area contributed by atoms with Crippen LogP contribution >= 0.6 is 0 Å². The maximum Gasteiger partial charge on any atom is 0.0857 e. The normalized spacial score (nSPS) is 12.0. The number of aliphatic hydroxyl groups is 3. The van der Waals surface area contributed by atoms with Crippen LogP contribution in [0.5, 0.6) is 0 Å². The SMILES string of the molecule is OCC(CO)(CO)c1ccc(N=Nc2ccccc2)cc1. The molecule has 0 aliphatic carbocycles. The summed E-state index contributed by atoms with van der Waals surface area (Å²) in [5.41, 5.74) is 1.05. The van der Waals surface area contributed by atoms with Gasteiger partial charge in [-0.2, -0.15) is 10.2 Å². The first-order chi connectivity index (χ1) is 10.2. The van der Waals surface area contributed by atoms with Crippen molar-refractivity contribution in [1.29, 1.82) is 0 Å². The van der Waals surface area contributed by atoms with E-state index >= 15 is 0 Å². The summed E-state index contributed by atoms with van der Waals surface area (Å²) in [5, 5.41) is 36.4. The summed E-state index contributed by atoms with van der Waals surface area (Å²) in [6.45, 7) is -0.985. The zero-order valence-corrected chi connectivity index (χ0v) is 11.6. The summed E-state index contributed by atoms with van der Waals surface area (Å²) in [4.78, 5) is 0. The number of benzene rings is 2. The molecule has 0 aliphatic heterocycles. The van der Waals surface area contributed by atoms with Gasteiger partial charge in [0.25, 0.3) is 0 Å². The van der Waals surface area contributed by atoms with Crippen LogP contribution in [0.3, 0.4) is 0 Å². The Hall–Kier alpha value is -2.08. The quantitative estimate of drug-likeness (QED) is 0.712. The fourth-order valence-corrected chi connectivity index (χ4v) is 1.92. The predicted molar refractivity (Wildman–Crippen MR) is 80.0 cm³/mol. The van der Waals surface area contributed by atoms with Gasteiger partial charge in [0, 0.05) is 0 Å². The Bertz CT molecular complexity index is 570. The fourth-order valence-electron chi connectivity index (χ4n) is 1.92. The first-order valence-electron chi connectivity index (χ1n) is 6.64. The predicted octanol–water partition coefficient (Wildman–Crippen LogP) is 2.32. The van der Waals surface area contributed by atoms with Crippen LogP contribution in [0, 0.1) is 0 Å². The molecule has 0 saturated heterocycles. The third kappa shape index (κ3) is 3.52. The van der Waals surface area contributed by atoms with Crippen molar-refractivity contribution in [3.8, 4) is 0 Å². The lowest BCUT2D eigenvalue weighted by molar-refractivity contribution is 0.0641. The van der Waals surface area contributed by atoms with E-state index < -0.39 is 5.41 Å². The van der Waals surface area contributed by atoms with Crippen LogP contribution in [0.2, 0.25) is 0 Å². The molecule has 5 heteroatoms. The molecule has 2 aromatic carbocycles. The van der Waals surface area contributed by atoms with Gasteiger partial charge < -0.3 is 15.3 Å². The second-order valence-electron chi connectivity index (χ2n) is 4.84. The number of hydrogen-bond acceptors (Lipinski definition) is 5. The van der Waals surface area contributed by atoms with Crippen molar-refractivity contribution in [1.82, 2.24) is 0 Å². The summed E-state index contributed by atoms with van der Waals surface area (Å²) in [6.07, 6.45) is 0. The summed E-state index contributed by atoms with van der Waals surface area (Å²) in [6, 6.07) is 16.3. The Morgan fingerprint density at radius 2 is 1.14 bits per heavy atom. The second kappa shape index (κ2) is 7.08. The van der Waals surface area contributed by atoms with Crippen molar-refractivity contribution in [3.63, 3.8) is 0 Å². The Morgan fingerprint density at radius 3 is 1.62 bits per heavy atom. The molecule has 0 amide bonds. The third-order valence-corrected chi connectivity index (χ3v) is 3.42. The molecule has 110 valence electrons. The highest BCUT2D eigenvalue weighted by Gasteiger charge is 2.30. The van der Waals surface area contributed by atoms with Crippen LogP contribution in [-0.4, -0.2) is 35.1 Å². The van der Waals surface area contributed by atoms with Crippen molar-refractivity contribution in [2.45, 2.75) is 5.41 Å². The molecule has 5 nitrogen and oxygen atoms in total. The zero-order valence-electron chi connectivity index (χ0n) is 11.6. The second-order valence-corrected chi connectivity index (χ2v) is 4.84. The van der Waals surface area contributed by atoms with E-state index in [1.807, 2.05) is 30.3 Å². The molecule has 0 unspecified atom stereocenters. The average molecular weight is 286 g/mol. The number of hydrogen-bond donors (Lipinski definition) is 3. The highest BCUT2D eigenvalue weighted by atomic mass is 16.3. The molecule has 0 spiro atoms. The molecular weight excluding hydrogens is 268 g/mol. The van der Waals surface area contributed by atoms with Crippen molar-refractivity contribution in [2.24, 2.45) is 10.2 Å². The number of azo groups is 1. The molecule has 0 fully saturated rings. The van der Waals surface area contributed by atoms with Crippen LogP contribution < -0.4 is 0 Å². The highest BCUT2D eigenvalue weighted by Crippen LogP contribution is 2.26. The van der Waals surface area contributed by atoms with Crippen molar-refractivity contribution < 1.29 is 15.3 Å². The molecule has 2 aromatic rings. The molecule has 21 heavy (non-hydrogen) atoms. The van der Waals surface area contributed by atoms with Crippen molar-refractivity contribution >= 4 is 11.4 Å². The van der Waals surface area contributed by atoms with Crippen LogP contribution in [0.1, 0.15) is 5.56 Å². The van der Waals surface area contributed by atoms with Crippen LogP contribution in [0.4, 0.5) is 11.4 Å². The van der Waals surface area contributed by atoms with E-state index in [0.29, 0.717) is 11.3 Å². The molecule has 0 heterocycles. The first-order valence-corrected chi connectivity index (χ1v) is 6.64. The van der Waals surface area contributed by atoms with E-state index in [2.05, 4.69) is 10.2 Å². The summed E-state index contributed by atoms with van der Waals surface area (Å²) < 4.78 is 0. The molecule has 0 atom stereocenters. The number of nitrogens with zero attached hydrogens (tertiary/aromatic N) is 2. The van der Waals surface area contributed by atoms with Gasteiger partial charge in [0.15, 0.2) is 0 Å². The minimum atomic E-state index is -1.03. The topological polar surface area (TPSA) is 85.4 Å². The third-order valence-electron chi connectivity index (χ3n) is 3.42. The van der Waals surface area contributed by atoms with Gasteiger partial charge >= 0.3 is 0 Å². The van der Waals surface area contributed by atoms with Gasteiger partial charge in [-0.1, -0.05) is 30.3 Å². The summed E-state index contributed by atoms with van der Waals surface area (Å²) in [7, 11) is 0. The van der Waals surface area contributed by atoms with E-state index in [0.717, 1.165) is 5.69 Å². The van der Waals surface area contributed by atoms with E-state index in [4.69, 9.17) is 0 Å². The Balaban J connectivity index is 2.17. The Labute approximate surface area is 123 Å². The molecule has 0 aromatic heterocycles. The zero-order chi connectivity index (χ0) is 15.1. The fraction of sp³-hybridized carbons (Fsp3) is 0.250. The van der Waals surface area contributed by atoms with Crippen LogP contribution in [0.25, 0.3) is 0 Å². The van der Waals surface area contributed by atoms with E-state index in [9.17, 15) is 15.3 Å². The molecule has 0 radical (unpaired) electrons. The number of rotatable bonds is 6. The summed E-state index contributed by atoms with van der Waals surface area (Å²) in [5.74, 6) is 0. The maximum atomic E-state index is 9.39. The molecule has 0 bridgehead atoms. The Kier molecular flexibility index (Phi) is 5.16. The standard InChI is InChI=1S/C16H18N2O3/c19-10-16(11-20,12-21)13-6-8-15(9-7-13)18-17-14-4-2-1-3-5-14/h1-9,19-21H,10-12H2. The number of aliphatic hydroxyl groups excluding tert-OH is 3. The lowest BCUT2D eigenvalue weighted by Crippen LogP contribution is -2.38. The highest BCUT2D eigenvalue weighted by molar-refractivity contribution is 5.42. The molecule has 3 N–H and O–H groups in total. The minimum Gasteiger partial charge on any atom is -0.395 e. The van der Waals surface area contributed by atoms with Gasteiger partial charge in [0.2, 0.25) is 0 Å². The van der Waals surface area contributed by atoms with E-state index in [-0.39, 0.29) is 19.8 Å². The van der Waals surface area contributed by atoms with Gasteiger partial charge in [0.05, 0.1) is 36.6 Å². The Morgan fingerprint density at radius 1 is 0.667 bits per heavy atom. The molecule has 0 saturated carbocycles. The smallest absolute Gasteiger partial charge is 0.0857 e. The minimum absolute atomic E-state index is 0.328. The molecular formula is C16H18N2O3. The van der Waals surface area contributed by atoms with Crippen LogP contribution in [-0.2, 0) is 5.41 Å². The van der Waals surface area contributed by atoms with Gasteiger partial charge in [-0.05, 0) is 29.8 Å². The summed E-state index contributed by atoms with van der Waals surface area (Å²) >= 11 is 0. The van der Waals surface area contributed by atoms with Crippen molar-refractivity contribution in [3.05, 3.63) is 60.2 Å². The van der Waals surface area contributed by atoms with Gasteiger partial charge in [-0.15, -0.1) is 0 Å².